The number of aliphatic hydroxyl groups is 1. The summed E-state index contributed by atoms with van der Waals surface area (Å²) in [4.78, 5) is 2.21. The molecule has 0 aliphatic rings. The first-order chi connectivity index (χ1) is 10.3. The molecule has 0 fully saturated rings. The molecule has 0 aliphatic carbocycles. The van der Waals surface area contributed by atoms with Crippen LogP contribution in [0.4, 0.5) is 0 Å². The minimum Gasteiger partial charge on any atom is -0.389 e. The van der Waals surface area contributed by atoms with Gasteiger partial charge in [-0.05, 0) is 12.0 Å². The van der Waals surface area contributed by atoms with E-state index in [9.17, 15) is 5.11 Å². The summed E-state index contributed by atoms with van der Waals surface area (Å²) in [5, 5.41) is 10.0. The molecule has 0 amide bonds. The lowest BCUT2D eigenvalue weighted by Gasteiger charge is -2.25. The largest absolute Gasteiger partial charge is 0.389 e. The normalized spacial score (nSPS) is 12.3. The number of aliphatic hydroxyl groups excluding tert-OH is 1. The molecule has 0 bridgehead atoms. The van der Waals surface area contributed by atoms with Gasteiger partial charge in [0.05, 0.1) is 12.7 Å². The Labute approximate surface area is 127 Å². The summed E-state index contributed by atoms with van der Waals surface area (Å²) in [7, 11) is 1.70. The standard InChI is InChI=1S/C17H25NO3/c1-3-11-21-15-17(19)14-18(10-7-12-20-2)13-16-8-5-4-6-9-16/h1,4-6,8-9,17,19H,7,10-15H2,2H3/t17-/m0/s1. The average molecular weight is 291 g/mol. The number of rotatable bonds is 11. The summed E-state index contributed by atoms with van der Waals surface area (Å²) in [6.45, 7) is 3.45. The third-order valence-electron chi connectivity index (χ3n) is 3.04. The van der Waals surface area contributed by atoms with E-state index in [0.717, 1.165) is 26.1 Å². The lowest BCUT2D eigenvalue weighted by atomic mass is 10.2. The second kappa shape index (κ2) is 11.3. The van der Waals surface area contributed by atoms with Gasteiger partial charge in [0, 0.05) is 33.4 Å². The minimum absolute atomic E-state index is 0.236. The molecule has 0 radical (unpaired) electrons. The van der Waals surface area contributed by atoms with Gasteiger partial charge in [0.15, 0.2) is 0 Å². The lowest BCUT2D eigenvalue weighted by Crippen LogP contribution is -2.35. The molecule has 0 heterocycles. The first-order valence-electron chi connectivity index (χ1n) is 7.20. The number of ether oxygens (including phenoxy) is 2. The third-order valence-corrected chi connectivity index (χ3v) is 3.04. The molecule has 0 saturated heterocycles. The summed E-state index contributed by atoms with van der Waals surface area (Å²) < 4.78 is 10.3. The van der Waals surface area contributed by atoms with Gasteiger partial charge in [-0.25, -0.2) is 0 Å². The molecule has 4 nitrogen and oxygen atoms in total. The summed E-state index contributed by atoms with van der Waals surface area (Å²) in [5.74, 6) is 2.39. The number of terminal acetylenes is 1. The molecule has 0 aliphatic heterocycles. The van der Waals surface area contributed by atoms with Crippen LogP contribution in [0.1, 0.15) is 12.0 Å². The Morgan fingerprint density at radius 3 is 2.76 bits per heavy atom. The molecule has 0 saturated carbocycles. The summed E-state index contributed by atoms with van der Waals surface area (Å²) in [6.07, 6.45) is 5.51. The Bertz CT molecular complexity index is 402. The van der Waals surface area contributed by atoms with E-state index in [4.69, 9.17) is 15.9 Å². The second-order valence-corrected chi connectivity index (χ2v) is 4.94. The van der Waals surface area contributed by atoms with Gasteiger partial charge in [0.25, 0.3) is 0 Å². The van der Waals surface area contributed by atoms with Gasteiger partial charge in [-0.3, -0.25) is 4.90 Å². The molecule has 0 aromatic heterocycles. The summed E-state index contributed by atoms with van der Waals surface area (Å²) >= 11 is 0. The zero-order valence-corrected chi connectivity index (χ0v) is 12.7. The van der Waals surface area contributed by atoms with E-state index < -0.39 is 6.10 Å². The number of hydrogen-bond acceptors (Lipinski definition) is 4. The van der Waals surface area contributed by atoms with Crippen LogP contribution in [0.15, 0.2) is 30.3 Å². The van der Waals surface area contributed by atoms with Gasteiger partial charge < -0.3 is 14.6 Å². The van der Waals surface area contributed by atoms with Crippen LogP contribution < -0.4 is 0 Å². The monoisotopic (exact) mass is 291 g/mol. The fourth-order valence-corrected chi connectivity index (χ4v) is 2.11. The maximum Gasteiger partial charge on any atom is 0.107 e. The van der Waals surface area contributed by atoms with Crippen molar-refractivity contribution in [3.63, 3.8) is 0 Å². The maximum atomic E-state index is 10.0. The van der Waals surface area contributed by atoms with Crippen LogP contribution in [-0.2, 0) is 16.0 Å². The van der Waals surface area contributed by atoms with Crippen molar-refractivity contribution in [3.05, 3.63) is 35.9 Å². The summed E-state index contributed by atoms with van der Waals surface area (Å²) in [5.41, 5.74) is 1.23. The molecular weight excluding hydrogens is 266 g/mol. The Hall–Kier alpha value is -1.38. The van der Waals surface area contributed by atoms with Crippen molar-refractivity contribution in [1.82, 2.24) is 4.90 Å². The van der Waals surface area contributed by atoms with E-state index in [2.05, 4.69) is 23.0 Å². The Morgan fingerprint density at radius 2 is 2.10 bits per heavy atom. The van der Waals surface area contributed by atoms with Gasteiger partial charge in [0.1, 0.15) is 6.61 Å². The molecule has 1 rings (SSSR count). The molecule has 1 atom stereocenters. The maximum absolute atomic E-state index is 10.0. The fourth-order valence-electron chi connectivity index (χ4n) is 2.11. The van der Waals surface area contributed by atoms with Crippen LogP contribution in [0.3, 0.4) is 0 Å². The van der Waals surface area contributed by atoms with Crippen molar-refractivity contribution >= 4 is 0 Å². The van der Waals surface area contributed by atoms with E-state index in [0.29, 0.717) is 6.54 Å². The van der Waals surface area contributed by atoms with E-state index in [-0.39, 0.29) is 13.2 Å². The molecular formula is C17H25NO3. The van der Waals surface area contributed by atoms with Gasteiger partial charge in [-0.2, -0.15) is 0 Å². The Kier molecular flexibility index (Phi) is 9.51. The fraction of sp³-hybridized carbons (Fsp3) is 0.529. The molecule has 116 valence electrons. The van der Waals surface area contributed by atoms with Crippen LogP contribution in [0.2, 0.25) is 0 Å². The second-order valence-electron chi connectivity index (χ2n) is 4.94. The lowest BCUT2D eigenvalue weighted by molar-refractivity contribution is 0.0244. The summed E-state index contributed by atoms with van der Waals surface area (Å²) in [6, 6.07) is 10.2. The van der Waals surface area contributed by atoms with Crippen LogP contribution in [-0.4, -0.2) is 56.1 Å². The van der Waals surface area contributed by atoms with E-state index in [1.165, 1.54) is 5.56 Å². The highest BCUT2D eigenvalue weighted by molar-refractivity contribution is 5.14. The van der Waals surface area contributed by atoms with Crippen LogP contribution in [0.25, 0.3) is 0 Å². The van der Waals surface area contributed by atoms with Crippen molar-refractivity contribution in [3.8, 4) is 12.3 Å². The van der Waals surface area contributed by atoms with Gasteiger partial charge in [-0.1, -0.05) is 36.3 Å². The highest BCUT2D eigenvalue weighted by atomic mass is 16.5. The first-order valence-corrected chi connectivity index (χ1v) is 7.20. The highest BCUT2D eigenvalue weighted by Crippen LogP contribution is 2.06. The van der Waals surface area contributed by atoms with Crippen LogP contribution in [0, 0.1) is 12.3 Å². The van der Waals surface area contributed by atoms with E-state index in [1.54, 1.807) is 7.11 Å². The average Bonchev–Trinajstić information content (AvgIpc) is 2.48. The molecule has 1 aromatic rings. The Morgan fingerprint density at radius 1 is 1.33 bits per heavy atom. The number of methoxy groups -OCH3 is 1. The molecule has 1 N–H and O–H groups in total. The zero-order valence-electron chi connectivity index (χ0n) is 12.7. The van der Waals surface area contributed by atoms with Crippen LogP contribution in [0.5, 0.6) is 0 Å². The zero-order chi connectivity index (χ0) is 15.3. The first kappa shape index (κ1) is 17.7. The molecule has 0 spiro atoms. The van der Waals surface area contributed by atoms with E-state index >= 15 is 0 Å². The predicted molar refractivity (Wildman–Crippen MR) is 83.9 cm³/mol. The predicted octanol–water partition coefficient (Wildman–Crippen LogP) is 1.54. The van der Waals surface area contributed by atoms with Crippen molar-refractivity contribution in [2.45, 2.75) is 19.1 Å². The van der Waals surface area contributed by atoms with Crippen molar-refractivity contribution in [2.24, 2.45) is 0 Å². The highest BCUT2D eigenvalue weighted by Gasteiger charge is 2.12. The number of nitrogens with zero attached hydrogens (tertiary/aromatic N) is 1. The molecule has 1 aromatic carbocycles. The van der Waals surface area contributed by atoms with Crippen molar-refractivity contribution in [2.75, 3.05) is 40.0 Å². The smallest absolute Gasteiger partial charge is 0.107 e. The quantitative estimate of drug-likeness (QED) is 0.496. The van der Waals surface area contributed by atoms with Crippen LogP contribution >= 0.6 is 0 Å². The van der Waals surface area contributed by atoms with Crippen molar-refractivity contribution in [1.29, 1.82) is 0 Å². The van der Waals surface area contributed by atoms with Gasteiger partial charge in [0.2, 0.25) is 0 Å². The Balaban J connectivity index is 2.45. The topological polar surface area (TPSA) is 41.9 Å². The van der Waals surface area contributed by atoms with E-state index in [1.807, 2.05) is 18.2 Å². The molecule has 21 heavy (non-hydrogen) atoms. The van der Waals surface area contributed by atoms with Gasteiger partial charge >= 0.3 is 0 Å². The van der Waals surface area contributed by atoms with Gasteiger partial charge in [-0.15, -0.1) is 6.42 Å². The minimum atomic E-state index is -0.537. The number of benzene rings is 1. The van der Waals surface area contributed by atoms with Crippen molar-refractivity contribution < 1.29 is 14.6 Å². The third kappa shape index (κ3) is 8.49. The molecule has 4 heteroatoms. The molecule has 0 unspecified atom stereocenters. The number of hydrogen-bond donors (Lipinski definition) is 1. The SMILES string of the molecule is C#CCOC[C@@H](O)CN(CCCOC)Cc1ccccc1.